The molecule has 1 fully saturated rings. The van der Waals surface area contributed by atoms with E-state index in [4.69, 9.17) is 11.6 Å². The van der Waals surface area contributed by atoms with Gasteiger partial charge in [-0.05, 0) is 80.8 Å². The zero-order chi connectivity index (χ0) is 26.2. The quantitative estimate of drug-likeness (QED) is 0.401. The third kappa shape index (κ3) is 4.99. The molecule has 0 atom stereocenters. The van der Waals surface area contributed by atoms with Crippen LogP contribution < -0.4 is 15.5 Å². The summed E-state index contributed by atoms with van der Waals surface area (Å²) >= 11 is 6.63. The van der Waals surface area contributed by atoms with E-state index in [1.54, 1.807) is 0 Å². The van der Waals surface area contributed by atoms with Crippen molar-refractivity contribution < 1.29 is 18.8 Å². The fraction of sp³-hybridized carbons (Fsp3) is 0.296. The molecule has 36 heavy (non-hydrogen) atoms. The van der Waals surface area contributed by atoms with Gasteiger partial charge in [0.1, 0.15) is 18.1 Å². The molecule has 188 valence electrons. The van der Waals surface area contributed by atoms with E-state index in [-0.39, 0.29) is 11.2 Å². The lowest BCUT2D eigenvalue weighted by Gasteiger charge is -2.43. The van der Waals surface area contributed by atoms with Crippen LogP contribution in [-0.2, 0) is 9.59 Å². The smallest absolute Gasteiger partial charge is 0.329 e. The number of urea groups is 1. The van der Waals surface area contributed by atoms with Gasteiger partial charge < -0.3 is 15.5 Å². The minimum Gasteiger partial charge on any atom is -0.362 e. The van der Waals surface area contributed by atoms with Crippen LogP contribution in [0, 0.1) is 5.82 Å². The highest BCUT2D eigenvalue weighted by Crippen LogP contribution is 2.42. The van der Waals surface area contributed by atoms with Gasteiger partial charge in [-0.1, -0.05) is 24.6 Å². The van der Waals surface area contributed by atoms with Crippen LogP contribution in [0.3, 0.4) is 0 Å². The van der Waals surface area contributed by atoms with Crippen LogP contribution in [0.25, 0.3) is 11.6 Å². The summed E-state index contributed by atoms with van der Waals surface area (Å²) in [5.74, 6) is -1.66. The Balaban J connectivity index is 1.57. The summed E-state index contributed by atoms with van der Waals surface area (Å²) in [6.45, 7) is 8.86. The predicted octanol–water partition coefficient (Wildman–Crippen LogP) is 5.42. The molecule has 9 heteroatoms. The van der Waals surface area contributed by atoms with Crippen molar-refractivity contribution in [2.24, 2.45) is 0 Å². The highest BCUT2D eigenvalue weighted by atomic mass is 35.5. The fourth-order valence-corrected chi connectivity index (χ4v) is 4.82. The summed E-state index contributed by atoms with van der Waals surface area (Å²) < 4.78 is 13.1. The topological polar surface area (TPSA) is 81.8 Å². The van der Waals surface area contributed by atoms with Crippen molar-refractivity contribution in [2.75, 3.05) is 23.3 Å². The van der Waals surface area contributed by atoms with Crippen LogP contribution >= 0.6 is 11.6 Å². The Hall–Kier alpha value is -3.65. The monoisotopic (exact) mass is 510 g/mol. The number of hydrogen-bond acceptors (Lipinski definition) is 4. The molecule has 0 radical (unpaired) electrons. The molecule has 0 bridgehead atoms. The first-order valence-corrected chi connectivity index (χ1v) is 12.1. The van der Waals surface area contributed by atoms with E-state index < -0.39 is 30.2 Å². The maximum Gasteiger partial charge on any atom is 0.329 e. The van der Waals surface area contributed by atoms with Gasteiger partial charge in [-0.15, -0.1) is 0 Å². The number of carbonyl (C=O) groups excluding carboxylic acids is 3. The van der Waals surface area contributed by atoms with Gasteiger partial charge >= 0.3 is 6.03 Å². The van der Waals surface area contributed by atoms with Gasteiger partial charge in [0.2, 0.25) is 5.91 Å². The minimum absolute atomic E-state index is 0.0274. The van der Waals surface area contributed by atoms with Crippen LogP contribution in [-0.4, -0.2) is 41.4 Å². The maximum atomic E-state index is 13.1. The molecule has 2 aromatic carbocycles. The van der Waals surface area contributed by atoms with Gasteiger partial charge in [-0.3, -0.25) is 9.59 Å². The summed E-state index contributed by atoms with van der Waals surface area (Å²) in [6, 6.07) is 8.28. The average Bonchev–Trinajstić information content (AvgIpc) is 3.06. The lowest BCUT2D eigenvalue weighted by molar-refractivity contribution is -0.127. The molecule has 2 N–H and O–H groups in total. The first-order valence-electron chi connectivity index (χ1n) is 11.7. The largest absolute Gasteiger partial charge is 0.362 e. The molecule has 0 aromatic heterocycles. The number of hydrogen-bond donors (Lipinski definition) is 2. The van der Waals surface area contributed by atoms with E-state index in [0.717, 1.165) is 34.7 Å². The number of nitrogens with one attached hydrogen (secondary N) is 2. The molecule has 0 aliphatic carbocycles. The molecular weight excluding hydrogens is 483 g/mol. The number of carbonyl (C=O) groups is 3. The number of amides is 4. The second-order valence-corrected chi connectivity index (χ2v) is 9.87. The van der Waals surface area contributed by atoms with Crippen molar-refractivity contribution in [3.63, 3.8) is 0 Å². The number of anilines is 2. The second-order valence-electron chi connectivity index (χ2n) is 9.46. The molecule has 0 spiro atoms. The van der Waals surface area contributed by atoms with Crippen LogP contribution in [0.4, 0.5) is 20.6 Å². The summed E-state index contributed by atoms with van der Waals surface area (Å²) in [5, 5.41) is 5.51. The third-order valence-corrected chi connectivity index (χ3v) is 6.56. The Bertz CT molecular complexity index is 1300. The third-order valence-electron chi connectivity index (χ3n) is 6.24. The molecule has 1 saturated heterocycles. The lowest BCUT2D eigenvalue weighted by atomic mass is 9.87. The Kier molecular flexibility index (Phi) is 6.91. The van der Waals surface area contributed by atoms with Gasteiger partial charge in [-0.25, -0.2) is 14.1 Å². The van der Waals surface area contributed by atoms with E-state index in [1.165, 1.54) is 30.3 Å². The number of allylic oxidation sites excluding steroid dienone is 1. The first-order chi connectivity index (χ1) is 17.0. The molecule has 2 heterocycles. The van der Waals surface area contributed by atoms with Crippen molar-refractivity contribution in [3.8, 4) is 0 Å². The standard InChI is InChI=1S/C27H28ClFN4O3/c1-5-10-33-23-13-21(28)17(11-20(23)16(2)14-27(33,3)4)12-22-25(35)32(26(36)31-22)15-24(34)30-19-8-6-18(29)7-9-19/h6-9,11-14H,5,10,15H2,1-4H3,(H,30,34)(H,31,36)/b22-12+. The number of halogens is 2. The van der Waals surface area contributed by atoms with Crippen LogP contribution in [0.15, 0.2) is 48.2 Å². The number of fused-ring (bicyclic) bond motifs is 1. The van der Waals surface area contributed by atoms with Gasteiger partial charge in [-0.2, -0.15) is 0 Å². The van der Waals surface area contributed by atoms with Crippen molar-refractivity contribution >= 4 is 52.5 Å². The molecule has 0 saturated carbocycles. The Morgan fingerprint density at radius 3 is 2.56 bits per heavy atom. The van der Waals surface area contributed by atoms with E-state index in [9.17, 15) is 18.8 Å². The minimum atomic E-state index is -0.707. The second kappa shape index (κ2) is 9.78. The maximum absolute atomic E-state index is 13.1. The van der Waals surface area contributed by atoms with Crippen LogP contribution in [0.5, 0.6) is 0 Å². The van der Waals surface area contributed by atoms with Crippen molar-refractivity contribution in [3.05, 3.63) is 70.1 Å². The SMILES string of the molecule is CCCN1c2cc(Cl)c(/C=C3/NC(=O)N(CC(=O)Nc4ccc(F)cc4)C3=O)cc2C(C)=CC1(C)C. The Morgan fingerprint density at radius 2 is 1.89 bits per heavy atom. The number of imide groups is 1. The molecule has 7 nitrogen and oxygen atoms in total. The predicted molar refractivity (Wildman–Crippen MR) is 140 cm³/mol. The van der Waals surface area contributed by atoms with Crippen molar-refractivity contribution in [1.29, 1.82) is 0 Å². The highest BCUT2D eigenvalue weighted by Gasteiger charge is 2.36. The summed E-state index contributed by atoms with van der Waals surface area (Å²) in [5.41, 5.74) is 3.93. The molecular formula is C27H28ClFN4O3. The van der Waals surface area contributed by atoms with E-state index >= 15 is 0 Å². The lowest BCUT2D eigenvalue weighted by Crippen LogP contribution is -2.45. The van der Waals surface area contributed by atoms with Gasteiger partial charge in [0.05, 0.1) is 5.54 Å². The molecule has 2 aromatic rings. The van der Waals surface area contributed by atoms with Gasteiger partial charge in [0.15, 0.2) is 0 Å². The zero-order valence-electron chi connectivity index (χ0n) is 20.6. The number of rotatable bonds is 6. The normalized spacial score (nSPS) is 17.7. The zero-order valence-corrected chi connectivity index (χ0v) is 21.4. The van der Waals surface area contributed by atoms with Crippen molar-refractivity contribution in [1.82, 2.24) is 10.2 Å². The summed E-state index contributed by atoms with van der Waals surface area (Å²) in [7, 11) is 0. The molecule has 0 unspecified atom stereocenters. The van der Waals surface area contributed by atoms with E-state index in [0.29, 0.717) is 16.3 Å². The summed E-state index contributed by atoms with van der Waals surface area (Å²) in [4.78, 5) is 40.9. The molecule has 2 aliphatic heterocycles. The van der Waals surface area contributed by atoms with Gasteiger partial charge in [0, 0.05) is 28.5 Å². The van der Waals surface area contributed by atoms with Crippen LogP contribution in [0.1, 0.15) is 45.2 Å². The van der Waals surface area contributed by atoms with E-state index in [1.807, 2.05) is 19.1 Å². The number of nitrogens with zero attached hydrogens (tertiary/aromatic N) is 2. The molecule has 4 amide bonds. The first kappa shape index (κ1) is 25.4. The van der Waals surface area contributed by atoms with Gasteiger partial charge in [0.25, 0.3) is 5.91 Å². The van der Waals surface area contributed by atoms with E-state index in [2.05, 4.69) is 42.4 Å². The van der Waals surface area contributed by atoms with Crippen LogP contribution in [0.2, 0.25) is 5.02 Å². The Labute approximate surface area is 214 Å². The average molecular weight is 511 g/mol. The fourth-order valence-electron chi connectivity index (χ4n) is 4.61. The number of benzene rings is 2. The molecule has 4 rings (SSSR count). The molecule has 2 aliphatic rings. The Morgan fingerprint density at radius 1 is 1.19 bits per heavy atom. The highest BCUT2D eigenvalue weighted by molar-refractivity contribution is 6.32. The summed E-state index contributed by atoms with van der Waals surface area (Å²) in [6.07, 6.45) is 4.71. The van der Waals surface area contributed by atoms with Crippen molar-refractivity contribution in [2.45, 2.75) is 39.7 Å².